The van der Waals surface area contributed by atoms with Crippen LogP contribution in [0, 0.1) is 10.1 Å². The van der Waals surface area contributed by atoms with Gasteiger partial charge in [0.05, 0.1) is 44.3 Å². The van der Waals surface area contributed by atoms with Crippen LogP contribution in [0.2, 0.25) is 0 Å². The number of amides is 1. The van der Waals surface area contributed by atoms with Gasteiger partial charge in [-0.1, -0.05) is 6.07 Å². The first-order valence-corrected chi connectivity index (χ1v) is 9.56. The highest BCUT2D eigenvalue weighted by Gasteiger charge is 2.24. The van der Waals surface area contributed by atoms with Crippen molar-refractivity contribution in [3.05, 3.63) is 75.7 Å². The number of hydrazone groups is 1. The van der Waals surface area contributed by atoms with E-state index in [0.29, 0.717) is 0 Å². The van der Waals surface area contributed by atoms with Crippen molar-refractivity contribution in [2.75, 3.05) is 21.3 Å². The summed E-state index contributed by atoms with van der Waals surface area (Å²) in [6.07, 6.45) is 2.42. The molecule has 3 aromatic rings. The molecule has 0 aliphatic heterocycles. The number of methoxy groups -OCH3 is 3. The lowest BCUT2D eigenvalue weighted by Crippen LogP contribution is -2.17. The minimum Gasteiger partial charge on any atom is -0.493 e. The van der Waals surface area contributed by atoms with E-state index in [4.69, 9.17) is 23.4 Å². The van der Waals surface area contributed by atoms with E-state index in [1.807, 2.05) is 0 Å². The molecule has 34 heavy (non-hydrogen) atoms. The van der Waals surface area contributed by atoms with Gasteiger partial charge in [0, 0.05) is 11.6 Å². The van der Waals surface area contributed by atoms with Crippen molar-refractivity contribution in [3.63, 3.8) is 0 Å². The normalized spacial score (nSPS) is 10.6. The molecule has 0 spiro atoms. The molecule has 1 N–H and O–H groups in total. The third-order valence-corrected chi connectivity index (χ3v) is 4.43. The van der Waals surface area contributed by atoms with Crippen LogP contribution >= 0.6 is 0 Å². The topological polar surface area (TPSA) is 152 Å². The number of hydrogen-bond donors (Lipinski definition) is 1. The molecule has 0 fully saturated rings. The van der Waals surface area contributed by atoms with Crippen molar-refractivity contribution in [1.29, 1.82) is 0 Å². The molecule has 176 valence electrons. The molecule has 0 bridgehead atoms. The first kappa shape index (κ1) is 23.8. The maximum Gasteiger partial charge on any atom is 0.344 e. The maximum atomic E-state index is 12.9. The van der Waals surface area contributed by atoms with Gasteiger partial charge in [-0.15, -0.1) is 0 Å². The van der Waals surface area contributed by atoms with Crippen LogP contribution in [0.15, 0.2) is 58.2 Å². The molecule has 0 unspecified atom stereocenters. The van der Waals surface area contributed by atoms with Crippen LogP contribution in [0.1, 0.15) is 26.5 Å². The van der Waals surface area contributed by atoms with Gasteiger partial charge < -0.3 is 23.4 Å². The van der Waals surface area contributed by atoms with Crippen LogP contribution in [0.25, 0.3) is 0 Å². The van der Waals surface area contributed by atoms with Gasteiger partial charge >= 0.3 is 17.6 Å². The quantitative estimate of drug-likeness (QED) is 0.164. The van der Waals surface area contributed by atoms with Gasteiger partial charge in [0.2, 0.25) is 11.5 Å². The SMILES string of the molecule is COc1cc(C(=O)Oc2c(/C=N/NC(=O)c3ccco3)cccc2[N+](=O)[O-])cc(OC)c1OC. The number of carbonyl (C=O) groups is 2. The first-order valence-electron chi connectivity index (χ1n) is 9.56. The fourth-order valence-electron chi connectivity index (χ4n) is 2.87. The molecule has 1 amide bonds. The molecule has 3 rings (SSSR count). The Morgan fingerprint density at radius 2 is 1.74 bits per heavy atom. The summed E-state index contributed by atoms with van der Waals surface area (Å²) >= 11 is 0. The van der Waals surface area contributed by atoms with Crippen LogP contribution in [0.3, 0.4) is 0 Å². The Morgan fingerprint density at radius 3 is 2.29 bits per heavy atom. The van der Waals surface area contributed by atoms with E-state index >= 15 is 0 Å². The van der Waals surface area contributed by atoms with Crippen molar-refractivity contribution < 1.29 is 37.9 Å². The summed E-state index contributed by atoms with van der Waals surface area (Å²) in [4.78, 5) is 35.7. The predicted molar refractivity (Wildman–Crippen MR) is 118 cm³/mol. The molecule has 12 nitrogen and oxygen atoms in total. The first-order chi connectivity index (χ1) is 16.4. The minimum absolute atomic E-state index is 0.0124. The van der Waals surface area contributed by atoms with Crippen molar-refractivity contribution in [2.45, 2.75) is 0 Å². The number of furan rings is 1. The smallest absolute Gasteiger partial charge is 0.344 e. The Morgan fingerprint density at radius 1 is 1.03 bits per heavy atom. The number of nitrogens with zero attached hydrogens (tertiary/aromatic N) is 2. The fraction of sp³-hybridized carbons (Fsp3) is 0.136. The van der Waals surface area contributed by atoms with Crippen molar-refractivity contribution in [1.82, 2.24) is 5.43 Å². The number of hydrogen-bond acceptors (Lipinski definition) is 10. The Hall–Kier alpha value is -4.87. The van der Waals surface area contributed by atoms with Crippen LogP contribution in [-0.2, 0) is 0 Å². The number of rotatable bonds is 9. The molecule has 2 aromatic carbocycles. The summed E-state index contributed by atoms with van der Waals surface area (Å²) < 4.78 is 26.0. The lowest BCUT2D eigenvalue weighted by molar-refractivity contribution is -0.385. The van der Waals surface area contributed by atoms with Crippen molar-refractivity contribution in [2.24, 2.45) is 5.10 Å². The highest BCUT2D eigenvalue weighted by atomic mass is 16.6. The van der Waals surface area contributed by atoms with Gasteiger partial charge in [-0.05, 0) is 30.3 Å². The predicted octanol–water partition coefficient (Wildman–Crippen LogP) is 3.20. The summed E-state index contributed by atoms with van der Waals surface area (Å²) in [5, 5.41) is 15.3. The molecule has 0 saturated heterocycles. The summed E-state index contributed by atoms with van der Waals surface area (Å²) in [5.74, 6) is -1.28. The number of nitro groups is 1. The number of carbonyl (C=O) groups excluding carboxylic acids is 2. The molecular weight excluding hydrogens is 450 g/mol. The number of nitro benzene ring substituents is 1. The molecular formula is C22H19N3O9. The molecule has 1 aromatic heterocycles. The van der Waals surface area contributed by atoms with Crippen LogP contribution in [0.5, 0.6) is 23.0 Å². The number of benzene rings is 2. The average molecular weight is 469 g/mol. The average Bonchev–Trinajstić information content (AvgIpc) is 3.38. The van der Waals surface area contributed by atoms with E-state index in [1.165, 1.54) is 64.0 Å². The zero-order chi connectivity index (χ0) is 24.7. The lowest BCUT2D eigenvalue weighted by Gasteiger charge is -2.14. The summed E-state index contributed by atoms with van der Waals surface area (Å²) in [7, 11) is 4.15. The third-order valence-electron chi connectivity index (χ3n) is 4.43. The maximum absolute atomic E-state index is 12.9. The second-order valence-corrected chi connectivity index (χ2v) is 6.43. The van der Waals surface area contributed by atoms with E-state index in [2.05, 4.69) is 10.5 Å². The van der Waals surface area contributed by atoms with Gasteiger partial charge in [-0.2, -0.15) is 5.10 Å². The van der Waals surface area contributed by atoms with Crippen LogP contribution < -0.4 is 24.4 Å². The molecule has 0 aliphatic carbocycles. The Balaban J connectivity index is 1.93. The fourth-order valence-corrected chi connectivity index (χ4v) is 2.87. The number of nitrogens with one attached hydrogen (secondary N) is 1. The molecule has 0 atom stereocenters. The van der Waals surface area contributed by atoms with Gasteiger partial charge in [-0.25, -0.2) is 10.2 Å². The van der Waals surface area contributed by atoms with E-state index in [9.17, 15) is 19.7 Å². The second-order valence-electron chi connectivity index (χ2n) is 6.43. The Bertz CT molecular complexity index is 1210. The molecule has 0 radical (unpaired) electrons. The van der Waals surface area contributed by atoms with E-state index in [-0.39, 0.29) is 39.9 Å². The highest BCUT2D eigenvalue weighted by Crippen LogP contribution is 2.39. The Kier molecular flexibility index (Phi) is 7.44. The summed E-state index contributed by atoms with van der Waals surface area (Å²) in [6.45, 7) is 0. The molecule has 0 aliphatic rings. The zero-order valence-corrected chi connectivity index (χ0v) is 18.3. The van der Waals surface area contributed by atoms with Gasteiger partial charge in [0.1, 0.15) is 0 Å². The number of esters is 1. The van der Waals surface area contributed by atoms with Crippen molar-refractivity contribution >= 4 is 23.8 Å². The minimum atomic E-state index is -0.928. The lowest BCUT2D eigenvalue weighted by atomic mass is 10.1. The molecule has 0 saturated carbocycles. The highest BCUT2D eigenvalue weighted by molar-refractivity contribution is 5.96. The molecule has 12 heteroatoms. The van der Waals surface area contributed by atoms with Crippen LogP contribution in [0.4, 0.5) is 5.69 Å². The number of para-hydroxylation sites is 1. The molecule has 1 heterocycles. The standard InChI is InChI=1S/C22H19N3O9/c1-30-17-10-14(11-18(31-2)20(17)32-3)22(27)34-19-13(6-4-7-15(19)25(28)29)12-23-24-21(26)16-8-5-9-33-16/h4-12H,1-3H3,(H,24,26)/b23-12+. The number of ether oxygens (including phenoxy) is 4. The second kappa shape index (κ2) is 10.6. The monoisotopic (exact) mass is 469 g/mol. The van der Waals surface area contributed by atoms with Gasteiger partial charge in [0.25, 0.3) is 0 Å². The third kappa shape index (κ3) is 5.12. The van der Waals surface area contributed by atoms with E-state index in [0.717, 1.165) is 12.3 Å². The van der Waals surface area contributed by atoms with Crippen LogP contribution in [-0.4, -0.2) is 44.3 Å². The summed E-state index contributed by atoms with van der Waals surface area (Å²) in [6, 6.07) is 9.61. The van der Waals surface area contributed by atoms with Gasteiger partial charge in [-0.3, -0.25) is 14.9 Å². The van der Waals surface area contributed by atoms with E-state index < -0.39 is 22.5 Å². The largest absolute Gasteiger partial charge is 0.493 e. The summed E-state index contributed by atoms with van der Waals surface area (Å²) in [5.41, 5.74) is 1.78. The zero-order valence-electron chi connectivity index (χ0n) is 18.3. The van der Waals surface area contributed by atoms with E-state index in [1.54, 1.807) is 0 Å². The van der Waals surface area contributed by atoms with Gasteiger partial charge in [0.15, 0.2) is 17.3 Å². The Labute approximate surface area is 192 Å². The van der Waals surface area contributed by atoms with Crippen molar-refractivity contribution in [3.8, 4) is 23.0 Å².